The number of hydrogen-bond donors (Lipinski definition) is 0. The highest BCUT2D eigenvalue weighted by Crippen LogP contribution is 2.30. The summed E-state index contributed by atoms with van der Waals surface area (Å²) >= 11 is 0. The molecule has 0 spiro atoms. The van der Waals surface area contributed by atoms with Gasteiger partial charge in [-0.25, -0.2) is 0 Å². The lowest BCUT2D eigenvalue weighted by molar-refractivity contribution is -0.186. The second-order valence-electron chi connectivity index (χ2n) is 3.23. The van der Waals surface area contributed by atoms with Gasteiger partial charge in [0.1, 0.15) is 0 Å². The Morgan fingerprint density at radius 3 is 2.31 bits per heavy atom. The van der Waals surface area contributed by atoms with Gasteiger partial charge < -0.3 is 4.90 Å². The van der Waals surface area contributed by atoms with Crippen LogP contribution in [-0.4, -0.2) is 29.6 Å². The molecule has 1 fully saturated rings. The first-order valence-corrected chi connectivity index (χ1v) is 4.34. The van der Waals surface area contributed by atoms with Crippen LogP contribution in [0, 0.1) is 0 Å². The fourth-order valence-electron chi connectivity index (χ4n) is 1.24. The third-order valence-electron chi connectivity index (χ3n) is 1.96. The van der Waals surface area contributed by atoms with Crippen LogP contribution in [0.15, 0.2) is 0 Å². The first-order valence-electron chi connectivity index (χ1n) is 4.34. The van der Waals surface area contributed by atoms with E-state index in [0.29, 0.717) is 19.3 Å². The van der Waals surface area contributed by atoms with Crippen LogP contribution in [0.3, 0.4) is 0 Å². The minimum absolute atomic E-state index is 0.158. The summed E-state index contributed by atoms with van der Waals surface area (Å²) in [6.07, 6.45) is -2.72. The van der Waals surface area contributed by atoms with Crippen molar-refractivity contribution in [3.05, 3.63) is 0 Å². The third kappa shape index (κ3) is 2.60. The van der Waals surface area contributed by atoms with Gasteiger partial charge in [-0.05, 0) is 19.3 Å². The summed E-state index contributed by atoms with van der Waals surface area (Å²) in [7, 11) is 0. The molecule has 0 bridgehead atoms. The zero-order valence-corrected chi connectivity index (χ0v) is 7.40. The molecule has 76 valence electrons. The van der Waals surface area contributed by atoms with Gasteiger partial charge in [-0.2, -0.15) is 13.2 Å². The number of alkyl halides is 3. The Morgan fingerprint density at radius 2 is 2.00 bits per heavy atom. The first kappa shape index (κ1) is 10.3. The van der Waals surface area contributed by atoms with E-state index in [2.05, 4.69) is 0 Å². The molecular weight excluding hydrogens is 183 g/mol. The van der Waals surface area contributed by atoms with Crippen LogP contribution in [0.5, 0.6) is 0 Å². The van der Waals surface area contributed by atoms with Gasteiger partial charge in [-0.3, -0.25) is 4.79 Å². The molecule has 1 amide bonds. The molecule has 0 aromatic rings. The average Bonchev–Trinajstić information content (AvgIpc) is 2.79. The van der Waals surface area contributed by atoms with Crippen molar-refractivity contribution in [2.45, 2.75) is 38.4 Å². The SMILES string of the molecule is CCCN(C(=O)C(F)(F)F)C1CC1. The van der Waals surface area contributed by atoms with E-state index < -0.39 is 12.1 Å². The average molecular weight is 195 g/mol. The molecule has 0 saturated heterocycles. The molecule has 2 nitrogen and oxygen atoms in total. The molecule has 0 unspecified atom stereocenters. The molecule has 0 aromatic heterocycles. The fraction of sp³-hybridized carbons (Fsp3) is 0.875. The number of amides is 1. The Hall–Kier alpha value is -0.740. The summed E-state index contributed by atoms with van der Waals surface area (Å²) in [4.78, 5) is 11.8. The van der Waals surface area contributed by atoms with E-state index in [0.717, 1.165) is 4.90 Å². The minimum Gasteiger partial charge on any atom is -0.332 e. The van der Waals surface area contributed by atoms with Gasteiger partial charge in [0.05, 0.1) is 0 Å². The Labute approximate surface area is 74.7 Å². The van der Waals surface area contributed by atoms with Gasteiger partial charge in [0.2, 0.25) is 0 Å². The zero-order chi connectivity index (χ0) is 10.1. The van der Waals surface area contributed by atoms with Crippen molar-refractivity contribution in [3.8, 4) is 0 Å². The maximum absolute atomic E-state index is 12.0. The maximum Gasteiger partial charge on any atom is 0.471 e. The van der Waals surface area contributed by atoms with E-state index in [1.54, 1.807) is 6.92 Å². The van der Waals surface area contributed by atoms with Crippen molar-refractivity contribution < 1.29 is 18.0 Å². The summed E-state index contributed by atoms with van der Waals surface area (Å²) in [5, 5.41) is 0. The van der Waals surface area contributed by atoms with Crippen LogP contribution in [-0.2, 0) is 4.79 Å². The summed E-state index contributed by atoms with van der Waals surface area (Å²) in [6, 6.07) is -0.158. The molecule has 0 radical (unpaired) electrons. The molecular formula is C8H12F3NO. The summed E-state index contributed by atoms with van der Waals surface area (Å²) in [6.45, 7) is 1.97. The quantitative estimate of drug-likeness (QED) is 0.674. The Kier molecular flexibility index (Phi) is 2.83. The summed E-state index contributed by atoms with van der Waals surface area (Å²) in [5.74, 6) is -1.68. The molecule has 0 heterocycles. The van der Waals surface area contributed by atoms with Gasteiger partial charge in [0, 0.05) is 12.6 Å². The zero-order valence-electron chi connectivity index (χ0n) is 7.40. The van der Waals surface area contributed by atoms with E-state index in [4.69, 9.17) is 0 Å². The number of carbonyl (C=O) groups is 1. The maximum atomic E-state index is 12.0. The topological polar surface area (TPSA) is 20.3 Å². The minimum atomic E-state index is -4.71. The molecule has 0 aromatic carbocycles. The third-order valence-corrected chi connectivity index (χ3v) is 1.96. The second kappa shape index (κ2) is 3.55. The van der Waals surface area contributed by atoms with Crippen LogP contribution >= 0.6 is 0 Å². The highest BCUT2D eigenvalue weighted by molar-refractivity contribution is 5.82. The van der Waals surface area contributed by atoms with Crippen LogP contribution in [0.4, 0.5) is 13.2 Å². The number of rotatable bonds is 3. The number of carbonyl (C=O) groups excluding carboxylic acids is 1. The number of nitrogens with zero attached hydrogens (tertiary/aromatic N) is 1. The van der Waals surface area contributed by atoms with Crippen molar-refractivity contribution in [1.82, 2.24) is 4.90 Å². The number of hydrogen-bond acceptors (Lipinski definition) is 1. The lowest BCUT2D eigenvalue weighted by Crippen LogP contribution is -2.42. The van der Waals surface area contributed by atoms with E-state index in [1.807, 2.05) is 0 Å². The number of halogens is 3. The van der Waals surface area contributed by atoms with Crippen molar-refractivity contribution in [2.75, 3.05) is 6.54 Å². The first-order chi connectivity index (χ1) is 5.96. The second-order valence-corrected chi connectivity index (χ2v) is 3.23. The van der Waals surface area contributed by atoms with Crippen molar-refractivity contribution in [1.29, 1.82) is 0 Å². The summed E-state index contributed by atoms with van der Waals surface area (Å²) in [5.41, 5.74) is 0. The normalized spacial score (nSPS) is 17.2. The van der Waals surface area contributed by atoms with Crippen LogP contribution < -0.4 is 0 Å². The lowest BCUT2D eigenvalue weighted by Gasteiger charge is -2.22. The molecule has 0 aliphatic heterocycles. The van der Waals surface area contributed by atoms with Gasteiger partial charge in [-0.15, -0.1) is 0 Å². The van der Waals surface area contributed by atoms with E-state index >= 15 is 0 Å². The standard InChI is InChI=1S/C8H12F3NO/c1-2-5-12(6-3-4-6)7(13)8(9,10)11/h6H,2-5H2,1H3. The molecule has 1 aliphatic rings. The van der Waals surface area contributed by atoms with Gasteiger partial charge >= 0.3 is 12.1 Å². The Balaban J connectivity index is 2.58. The highest BCUT2D eigenvalue weighted by atomic mass is 19.4. The van der Waals surface area contributed by atoms with Gasteiger partial charge in [-0.1, -0.05) is 6.92 Å². The van der Waals surface area contributed by atoms with Gasteiger partial charge in [0.25, 0.3) is 0 Å². The molecule has 1 rings (SSSR count). The van der Waals surface area contributed by atoms with Crippen molar-refractivity contribution in [2.24, 2.45) is 0 Å². The monoisotopic (exact) mass is 195 g/mol. The Bertz CT molecular complexity index is 198. The largest absolute Gasteiger partial charge is 0.471 e. The molecule has 5 heteroatoms. The van der Waals surface area contributed by atoms with Gasteiger partial charge in [0.15, 0.2) is 0 Å². The van der Waals surface area contributed by atoms with Crippen LogP contribution in [0.25, 0.3) is 0 Å². The molecule has 13 heavy (non-hydrogen) atoms. The smallest absolute Gasteiger partial charge is 0.332 e. The highest BCUT2D eigenvalue weighted by Gasteiger charge is 2.46. The van der Waals surface area contributed by atoms with E-state index in [-0.39, 0.29) is 12.6 Å². The van der Waals surface area contributed by atoms with Crippen molar-refractivity contribution in [3.63, 3.8) is 0 Å². The molecule has 0 N–H and O–H groups in total. The predicted molar refractivity (Wildman–Crippen MR) is 41.1 cm³/mol. The van der Waals surface area contributed by atoms with E-state index in [9.17, 15) is 18.0 Å². The molecule has 1 saturated carbocycles. The molecule has 1 aliphatic carbocycles. The summed E-state index contributed by atoms with van der Waals surface area (Å²) < 4.78 is 36.1. The predicted octanol–water partition coefficient (Wildman–Crippen LogP) is 1.95. The van der Waals surface area contributed by atoms with Crippen LogP contribution in [0.1, 0.15) is 26.2 Å². The lowest BCUT2D eigenvalue weighted by atomic mass is 10.3. The Morgan fingerprint density at radius 1 is 1.46 bits per heavy atom. The van der Waals surface area contributed by atoms with E-state index in [1.165, 1.54) is 0 Å². The fourth-order valence-corrected chi connectivity index (χ4v) is 1.24. The molecule has 0 atom stereocenters. The van der Waals surface area contributed by atoms with Crippen LogP contribution in [0.2, 0.25) is 0 Å². The van der Waals surface area contributed by atoms with Crippen molar-refractivity contribution >= 4 is 5.91 Å².